The molecule has 1 aromatic carbocycles. The van der Waals surface area contributed by atoms with Gasteiger partial charge in [0.25, 0.3) is 11.8 Å². The Labute approximate surface area is 159 Å². The summed E-state index contributed by atoms with van der Waals surface area (Å²) in [7, 11) is 0. The van der Waals surface area contributed by atoms with Gasteiger partial charge in [0.2, 0.25) is 0 Å². The summed E-state index contributed by atoms with van der Waals surface area (Å²) < 4.78 is 6.27. The van der Waals surface area contributed by atoms with Crippen molar-refractivity contribution in [3.05, 3.63) is 34.9 Å². The summed E-state index contributed by atoms with van der Waals surface area (Å²) in [5.74, 6) is 0.182. The largest absolute Gasteiger partial charge is 0.362 e. The third-order valence-electron chi connectivity index (χ3n) is 5.98. The summed E-state index contributed by atoms with van der Waals surface area (Å²) in [5.41, 5.74) is 0.397. The number of hydrogen-bond acceptors (Lipinski definition) is 3. The fourth-order valence-corrected chi connectivity index (χ4v) is 4.61. The highest BCUT2D eigenvalue weighted by Gasteiger charge is 2.46. The van der Waals surface area contributed by atoms with Crippen LogP contribution in [0.4, 0.5) is 0 Å². The molecule has 3 heterocycles. The highest BCUT2D eigenvalue weighted by atomic mass is 35.5. The molecule has 140 valence electrons. The summed E-state index contributed by atoms with van der Waals surface area (Å²) in [4.78, 5) is 29.1. The number of ether oxygens (including phenoxy) is 1. The van der Waals surface area contributed by atoms with Crippen LogP contribution in [-0.4, -0.2) is 59.5 Å². The van der Waals surface area contributed by atoms with Gasteiger partial charge in [0.15, 0.2) is 0 Å². The van der Waals surface area contributed by atoms with E-state index in [4.69, 9.17) is 16.3 Å². The van der Waals surface area contributed by atoms with Crippen LogP contribution in [0.2, 0.25) is 5.02 Å². The molecule has 1 aromatic rings. The molecule has 4 rings (SSSR count). The maximum absolute atomic E-state index is 12.7. The summed E-state index contributed by atoms with van der Waals surface area (Å²) in [6.45, 7) is 3.06. The highest BCUT2D eigenvalue weighted by molar-refractivity contribution is 6.30. The van der Waals surface area contributed by atoms with E-state index in [0.717, 1.165) is 51.6 Å². The van der Waals surface area contributed by atoms with Gasteiger partial charge in [0.05, 0.1) is 5.60 Å². The maximum atomic E-state index is 12.7. The lowest BCUT2D eigenvalue weighted by Gasteiger charge is -2.39. The van der Waals surface area contributed by atoms with E-state index in [1.807, 2.05) is 9.80 Å². The van der Waals surface area contributed by atoms with Crippen molar-refractivity contribution in [3.8, 4) is 0 Å². The molecule has 26 heavy (non-hydrogen) atoms. The highest BCUT2D eigenvalue weighted by Crippen LogP contribution is 2.40. The lowest BCUT2D eigenvalue weighted by Crippen LogP contribution is -2.47. The van der Waals surface area contributed by atoms with Crippen LogP contribution in [0.1, 0.15) is 48.9 Å². The van der Waals surface area contributed by atoms with Crippen LogP contribution >= 0.6 is 11.6 Å². The SMILES string of the molecule is O=C(c1cccc(Cl)c1)N1CCC2(CC[C@H](C(=O)N3CCCC3)O2)CC1. The van der Waals surface area contributed by atoms with Crippen molar-refractivity contribution in [1.29, 1.82) is 0 Å². The minimum absolute atomic E-state index is 0.0186. The third kappa shape index (κ3) is 3.47. The van der Waals surface area contributed by atoms with Crippen molar-refractivity contribution < 1.29 is 14.3 Å². The van der Waals surface area contributed by atoms with Gasteiger partial charge in [0.1, 0.15) is 6.10 Å². The van der Waals surface area contributed by atoms with Crippen LogP contribution < -0.4 is 0 Å². The first-order chi connectivity index (χ1) is 12.6. The average molecular weight is 377 g/mol. The first-order valence-corrected chi connectivity index (χ1v) is 9.96. The monoisotopic (exact) mass is 376 g/mol. The average Bonchev–Trinajstić information content (AvgIpc) is 3.32. The van der Waals surface area contributed by atoms with Crippen LogP contribution in [0.5, 0.6) is 0 Å². The minimum atomic E-state index is -0.289. The molecular formula is C20H25ClN2O3. The van der Waals surface area contributed by atoms with Gasteiger partial charge in [-0.25, -0.2) is 0 Å². The molecule has 2 amide bonds. The summed E-state index contributed by atoms with van der Waals surface area (Å²) in [5, 5.41) is 0.576. The molecule has 0 saturated carbocycles. The predicted molar refractivity (Wildman–Crippen MR) is 99.2 cm³/mol. The van der Waals surface area contributed by atoms with E-state index in [1.165, 1.54) is 0 Å². The fraction of sp³-hybridized carbons (Fsp3) is 0.600. The number of rotatable bonds is 2. The summed E-state index contributed by atoms with van der Waals surface area (Å²) in [6, 6.07) is 7.09. The molecule has 5 nitrogen and oxygen atoms in total. The molecule has 1 atom stereocenters. The molecule has 3 fully saturated rings. The summed E-state index contributed by atoms with van der Waals surface area (Å²) in [6.07, 6.45) is 5.22. The van der Waals surface area contributed by atoms with Gasteiger partial charge in [-0.15, -0.1) is 0 Å². The van der Waals surface area contributed by atoms with Crippen molar-refractivity contribution in [2.45, 2.75) is 50.2 Å². The molecule has 0 unspecified atom stereocenters. The van der Waals surface area contributed by atoms with Gasteiger partial charge in [-0.2, -0.15) is 0 Å². The second kappa shape index (κ2) is 7.20. The quantitative estimate of drug-likeness (QED) is 0.796. The minimum Gasteiger partial charge on any atom is -0.362 e. The molecule has 3 aliphatic heterocycles. The number of amides is 2. The van der Waals surface area contributed by atoms with Crippen molar-refractivity contribution >= 4 is 23.4 Å². The Morgan fingerprint density at radius 3 is 2.46 bits per heavy atom. The number of halogens is 1. The van der Waals surface area contributed by atoms with Crippen molar-refractivity contribution in [2.24, 2.45) is 0 Å². The first kappa shape index (κ1) is 17.8. The van der Waals surface area contributed by atoms with Gasteiger partial charge < -0.3 is 14.5 Å². The van der Waals surface area contributed by atoms with E-state index < -0.39 is 0 Å². The van der Waals surface area contributed by atoms with Gasteiger partial charge in [-0.3, -0.25) is 9.59 Å². The molecule has 0 aliphatic carbocycles. The Morgan fingerprint density at radius 2 is 1.77 bits per heavy atom. The molecule has 0 N–H and O–H groups in total. The van der Waals surface area contributed by atoms with Gasteiger partial charge in [0, 0.05) is 36.8 Å². The Hall–Kier alpha value is -1.59. The van der Waals surface area contributed by atoms with Crippen LogP contribution in [0.3, 0.4) is 0 Å². The second-order valence-corrected chi connectivity index (χ2v) is 8.10. The van der Waals surface area contributed by atoms with E-state index in [0.29, 0.717) is 23.7 Å². The van der Waals surface area contributed by atoms with Crippen LogP contribution in [-0.2, 0) is 9.53 Å². The van der Waals surface area contributed by atoms with Crippen LogP contribution in [0, 0.1) is 0 Å². The number of carbonyl (C=O) groups is 2. The Balaban J connectivity index is 1.34. The standard InChI is InChI=1S/C20H25ClN2O3/c21-16-5-3-4-15(14-16)18(24)23-12-8-20(9-13-23)7-6-17(26-20)19(25)22-10-1-2-11-22/h3-5,14,17H,1-2,6-13H2/t17-/m1/s1. The normalized spacial score (nSPS) is 25.0. The molecule has 3 saturated heterocycles. The molecule has 3 aliphatic rings. The smallest absolute Gasteiger partial charge is 0.253 e. The van der Waals surface area contributed by atoms with E-state index in [-0.39, 0.29) is 23.5 Å². The molecular weight excluding hydrogens is 352 g/mol. The number of carbonyl (C=O) groups excluding carboxylic acids is 2. The zero-order valence-corrected chi connectivity index (χ0v) is 15.7. The van der Waals surface area contributed by atoms with Crippen molar-refractivity contribution in [3.63, 3.8) is 0 Å². The molecule has 0 aromatic heterocycles. The third-order valence-corrected chi connectivity index (χ3v) is 6.22. The Bertz CT molecular complexity index is 694. The molecule has 6 heteroatoms. The topological polar surface area (TPSA) is 49.9 Å². The molecule has 0 bridgehead atoms. The Morgan fingerprint density at radius 1 is 1.04 bits per heavy atom. The zero-order valence-electron chi connectivity index (χ0n) is 15.0. The number of nitrogens with zero attached hydrogens (tertiary/aromatic N) is 2. The van der Waals surface area contributed by atoms with Gasteiger partial charge in [-0.1, -0.05) is 17.7 Å². The van der Waals surface area contributed by atoms with Gasteiger partial charge in [-0.05, 0) is 56.7 Å². The number of piperidine rings is 1. The number of hydrogen-bond donors (Lipinski definition) is 0. The van der Waals surface area contributed by atoms with Crippen LogP contribution in [0.15, 0.2) is 24.3 Å². The van der Waals surface area contributed by atoms with Crippen molar-refractivity contribution in [1.82, 2.24) is 9.80 Å². The van der Waals surface area contributed by atoms with E-state index in [9.17, 15) is 9.59 Å². The van der Waals surface area contributed by atoms with Crippen molar-refractivity contribution in [2.75, 3.05) is 26.2 Å². The number of benzene rings is 1. The van der Waals surface area contributed by atoms with Gasteiger partial charge >= 0.3 is 0 Å². The lowest BCUT2D eigenvalue weighted by molar-refractivity contribution is -0.149. The Kier molecular flexibility index (Phi) is 4.93. The predicted octanol–water partition coefficient (Wildman–Crippen LogP) is 3.12. The first-order valence-electron chi connectivity index (χ1n) is 9.58. The van der Waals surface area contributed by atoms with E-state index in [2.05, 4.69) is 0 Å². The molecule has 1 spiro atoms. The maximum Gasteiger partial charge on any atom is 0.253 e. The fourth-order valence-electron chi connectivity index (χ4n) is 4.42. The number of likely N-dealkylation sites (tertiary alicyclic amines) is 2. The second-order valence-electron chi connectivity index (χ2n) is 7.66. The van der Waals surface area contributed by atoms with E-state index >= 15 is 0 Å². The zero-order chi connectivity index (χ0) is 18.1. The van der Waals surface area contributed by atoms with Crippen LogP contribution in [0.25, 0.3) is 0 Å². The summed E-state index contributed by atoms with van der Waals surface area (Å²) >= 11 is 6.00. The molecule has 0 radical (unpaired) electrons. The lowest BCUT2D eigenvalue weighted by atomic mass is 9.88. The van der Waals surface area contributed by atoms with E-state index in [1.54, 1.807) is 24.3 Å².